The van der Waals surface area contributed by atoms with Gasteiger partial charge in [0.05, 0.1) is 22.7 Å². The van der Waals surface area contributed by atoms with Crippen molar-refractivity contribution in [3.8, 4) is 0 Å². The molecule has 7 nitrogen and oxygen atoms in total. The topological polar surface area (TPSA) is 84.3 Å². The Morgan fingerprint density at radius 3 is 2.50 bits per heavy atom. The second kappa shape index (κ2) is 10.3. The molecule has 4 rings (SSSR count). The maximum absolute atomic E-state index is 12.8. The van der Waals surface area contributed by atoms with Gasteiger partial charge in [0.15, 0.2) is 0 Å². The summed E-state index contributed by atoms with van der Waals surface area (Å²) in [5, 5.41) is 7.56. The predicted octanol–water partition coefficient (Wildman–Crippen LogP) is 4.67. The van der Waals surface area contributed by atoms with Gasteiger partial charge in [-0.3, -0.25) is 24.0 Å². The maximum atomic E-state index is 12.8. The summed E-state index contributed by atoms with van der Waals surface area (Å²) in [5.41, 5.74) is 3.76. The highest BCUT2D eigenvalue weighted by Gasteiger charge is 2.34. The van der Waals surface area contributed by atoms with Gasteiger partial charge in [0.2, 0.25) is 0 Å². The monoisotopic (exact) mass is 494 g/mol. The lowest BCUT2D eigenvalue weighted by Crippen LogP contribution is -2.37. The third kappa shape index (κ3) is 5.24. The van der Waals surface area contributed by atoms with Crippen LogP contribution < -0.4 is 5.32 Å². The molecule has 2 heterocycles. The lowest BCUT2D eigenvalue weighted by Gasteiger charge is -2.13. The molecule has 0 radical (unpaired) electrons. The van der Waals surface area contributed by atoms with E-state index in [4.69, 9.17) is 11.6 Å². The van der Waals surface area contributed by atoms with Gasteiger partial charge in [-0.15, -0.1) is 0 Å². The Morgan fingerprint density at radius 2 is 1.79 bits per heavy atom. The van der Waals surface area contributed by atoms with Crippen LogP contribution in [0.25, 0.3) is 6.08 Å². The van der Waals surface area contributed by atoms with Gasteiger partial charge in [-0.05, 0) is 54.9 Å². The molecule has 1 fully saturated rings. The minimum atomic E-state index is -0.373. The lowest BCUT2D eigenvalue weighted by molar-refractivity contribution is -0.122. The molecule has 0 spiro atoms. The zero-order valence-electron chi connectivity index (χ0n) is 18.7. The maximum Gasteiger partial charge on any atom is 0.293 e. The molecule has 0 saturated carbocycles. The number of hydrogen-bond donors (Lipinski definition) is 1. The number of aromatic nitrogens is 2. The molecule has 1 aromatic heterocycles. The van der Waals surface area contributed by atoms with Crippen LogP contribution in [0.5, 0.6) is 0 Å². The van der Waals surface area contributed by atoms with E-state index < -0.39 is 0 Å². The van der Waals surface area contributed by atoms with Gasteiger partial charge in [-0.25, -0.2) is 0 Å². The van der Waals surface area contributed by atoms with Gasteiger partial charge in [0.25, 0.3) is 17.1 Å². The zero-order valence-corrected chi connectivity index (χ0v) is 20.3. The Morgan fingerprint density at radius 1 is 1.09 bits per heavy atom. The number of amides is 3. The van der Waals surface area contributed by atoms with Gasteiger partial charge in [0, 0.05) is 23.8 Å². The molecule has 3 aromatic rings. The second-order valence-corrected chi connectivity index (χ2v) is 9.26. The van der Waals surface area contributed by atoms with Crippen LogP contribution in [0.15, 0.2) is 59.5 Å². The van der Waals surface area contributed by atoms with Crippen molar-refractivity contribution >= 4 is 46.5 Å². The highest BCUT2D eigenvalue weighted by atomic mass is 35.5. The summed E-state index contributed by atoms with van der Waals surface area (Å²) in [5.74, 6) is -0.653. The number of halogens is 1. The van der Waals surface area contributed by atoms with Crippen molar-refractivity contribution in [2.75, 3.05) is 13.1 Å². The van der Waals surface area contributed by atoms with Gasteiger partial charge in [-0.2, -0.15) is 5.10 Å². The lowest BCUT2D eigenvalue weighted by atomic mass is 10.1. The standard InChI is InChI=1S/C25H23ClN4O3S/c1-16-22(17(2)30(28-16)15-19-6-4-3-5-7-19)23(31)27-12-13-29-24(32)21(34-25(29)33)14-18-8-10-20(26)11-9-18/h3-11,14H,12-13,15H2,1-2H3,(H,27,31)/b21-14+. The summed E-state index contributed by atoms with van der Waals surface area (Å²) >= 11 is 6.78. The average molecular weight is 495 g/mol. The van der Waals surface area contributed by atoms with Crippen LogP contribution in [0.4, 0.5) is 4.79 Å². The average Bonchev–Trinajstić information content (AvgIpc) is 3.24. The summed E-state index contributed by atoms with van der Waals surface area (Å²) < 4.78 is 1.80. The number of nitrogens with zero attached hydrogens (tertiary/aromatic N) is 3. The van der Waals surface area contributed by atoms with Crippen molar-refractivity contribution in [3.05, 3.63) is 92.6 Å². The molecule has 0 bridgehead atoms. The minimum absolute atomic E-state index is 0.0879. The second-order valence-electron chi connectivity index (χ2n) is 7.83. The van der Waals surface area contributed by atoms with Crippen LogP contribution in [0, 0.1) is 13.8 Å². The van der Waals surface area contributed by atoms with E-state index in [0.717, 1.165) is 33.5 Å². The number of nitrogens with one attached hydrogen (secondary N) is 1. The fraction of sp³-hybridized carbons (Fsp3) is 0.200. The molecule has 0 aliphatic carbocycles. The Kier molecular flexibility index (Phi) is 7.19. The molecule has 9 heteroatoms. The number of benzene rings is 2. The van der Waals surface area contributed by atoms with Crippen LogP contribution >= 0.6 is 23.4 Å². The first-order valence-corrected chi connectivity index (χ1v) is 11.9. The number of carbonyl (C=O) groups excluding carboxylic acids is 3. The van der Waals surface area contributed by atoms with Crippen molar-refractivity contribution < 1.29 is 14.4 Å². The van der Waals surface area contributed by atoms with E-state index in [9.17, 15) is 14.4 Å². The molecule has 174 valence electrons. The highest BCUT2D eigenvalue weighted by molar-refractivity contribution is 8.18. The Bertz CT molecular complexity index is 1270. The van der Waals surface area contributed by atoms with E-state index in [1.54, 1.807) is 41.9 Å². The quantitative estimate of drug-likeness (QED) is 0.482. The minimum Gasteiger partial charge on any atom is -0.350 e. The first-order valence-electron chi connectivity index (χ1n) is 10.7. The van der Waals surface area contributed by atoms with Crippen molar-refractivity contribution in [1.29, 1.82) is 0 Å². The number of thioether (sulfide) groups is 1. The summed E-state index contributed by atoms with van der Waals surface area (Å²) in [6, 6.07) is 16.9. The molecule has 1 aliphatic heterocycles. The normalized spacial score (nSPS) is 14.8. The van der Waals surface area contributed by atoms with Crippen LogP contribution in [0.3, 0.4) is 0 Å². The van der Waals surface area contributed by atoms with Crippen molar-refractivity contribution in [2.24, 2.45) is 0 Å². The van der Waals surface area contributed by atoms with Gasteiger partial charge >= 0.3 is 0 Å². The van der Waals surface area contributed by atoms with Crippen molar-refractivity contribution in [3.63, 3.8) is 0 Å². The Balaban J connectivity index is 1.37. The third-order valence-electron chi connectivity index (χ3n) is 5.45. The van der Waals surface area contributed by atoms with Crippen molar-refractivity contribution in [2.45, 2.75) is 20.4 Å². The molecular formula is C25H23ClN4O3S. The summed E-state index contributed by atoms with van der Waals surface area (Å²) in [6.07, 6.45) is 1.66. The molecule has 1 aliphatic rings. The number of aryl methyl sites for hydroxylation is 1. The van der Waals surface area contributed by atoms with E-state index >= 15 is 0 Å². The molecule has 2 aromatic carbocycles. The molecule has 34 heavy (non-hydrogen) atoms. The van der Waals surface area contributed by atoms with E-state index in [2.05, 4.69) is 10.4 Å². The number of carbonyl (C=O) groups is 3. The van der Waals surface area contributed by atoms with E-state index in [1.165, 1.54) is 0 Å². The predicted molar refractivity (Wildman–Crippen MR) is 134 cm³/mol. The fourth-order valence-electron chi connectivity index (χ4n) is 3.71. The number of rotatable bonds is 7. The molecule has 0 unspecified atom stereocenters. The van der Waals surface area contributed by atoms with E-state index in [-0.39, 0.29) is 30.1 Å². The largest absolute Gasteiger partial charge is 0.350 e. The first kappa shape index (κ1) is 23.8. The summed E-state index contributed by atoms with van der Waals surface area (Å²) in [7, 11) is 0. The molecule has 1 N–H and O–H groups in total. The number of imide groups is 1. The van der Waals surface area contributed by atoms with E-state index in [0.29, 0.717) is 27.7 Å². The fourth-order valence-corrected chi connectivity index (χ4v) is 4.70. The van der Waals surface area contributed by atoms with Gasteiger partial charge in [-0.1, -0.05) is 54.1 Å². The first-order chi connectivity index (χ1) is 16.3. The van der Waals surface area contributed by atoms with Crippen LogP contribution in [-0.2, 0) is 11.3 Å². The Hall–Kier alpha value is -3.36. The SMILES string of the molecule is Cc1nn(Cc2ccccc2)c(C)c1C(=O)NCCN1C(=O)S/C(=C/c2ccc(Cl)cc2)C1=O. The summed E-state index contributed by atoms with van der Waals surface area (Å²) in [4.78, 5) is 39.4. The Labute approximate surface area is 206 Å². The summed E-state index contributed by atoms with van der Waals surface area (Å²) in [6.45, 7) is 4.45. The van der Waals surface area contributed by atoms with Crippen molar-refractivity contribution in [1.82, 2.24) is 20.0 Å². The smallest absolute Gasteiger partial charge is 0.293 e. The molecular weight excluding hydrogens is 472 g/mol. The molecule has 1 saturated heterocycles. The number of hydrogen-bond acceptors (Lipinski definition) is 5. The third-order valence-corrected chi connectivity index (χ3v) is 6.61. The van der Waals surface area contributed by atoms with Gasteiger partial charge < -0.3 is 5.32 Å². The van der Waals surface area contributed by atoms with Crippen LogP contribution in [-0.4, -0.2) is 44.8 Å². The molecule has 0 atom stereocenters. The van der Waals surface area contributed by atoms with Crippen LogP contribution in [0.2, 0.25) is 5.02 Å². The molecule has 3 amide bonds. The van der Waals surface area contributed by atoms with Gasteiger partial charge in [0.1, 0.15) is 0 Å². The zero-order chi connectivity index (χ0) is 24.2. The van der Waals surface area contributed by atoms with E-state index in [1.807, 2.05) is 37.3 Å². The highest BCUT2D eigenvalue weighted by Crippen LogP contribution is 2.32. The van der Waals surface area contributed by atoms with Crippen LogP contribution in [0.1, 0.15) is 32.9 Å².